The van der Waals surface area contributed by atoms with E-state index in [1.54, 1.807) is 0 Å². The number of hydrogen-bond donors (Lipinski definition) is 2. The Kier molecular flexibility index (Phi) is 3.96. The van der Waals surface area contributed by atoms with Crippen molar-refractivity contribution in [2.24, 2.45) is 5.92 Å². The molecule has 20 heavy (non-hydrogen) atoms. The van der Waals surface area contributed by atoms with Gasteiger partial charge in [0.25, 0.3) is 0 Å². The normalized spacial score (nSPS) is 19.4. The quantitative estimate of drug-likeness (QED) is 0.819. The van der Waals surface area contributed by atoms with E-state index in [2.05, 4.69) is 10.6 Å². The Hall–Kier alpha value is -2.05. The number of anilines is 1. The van der Waals surface area contributed by atoms with Crippen molar-refractivity contribution < 1.29 is 22.8 Å². The van der Waals surface area contributed by atoms with Crippen LogP contribution >= 0.6 is 0 Å². The van der Waals surface area contributed by atoms with Crippen molar-refractivity contribution in [1.29, 1.82) is 0 Å². The number of amides is 2. The molecule has 2 rings (SSSR count). The van der Waals surface area contributed by atoms with Gasteiger partial charge in [-0.25, -0.2) is 0 Å². The van der Waals surface area contributed by atoms with Gasteiger partial charge in [-0.15, -0.1) is 0 Å². The fourth-order valence-corrected chi connectivity index (χ4v) is 2.02. The van der Waals surface area contributed by atoms with Gasteiger partial charge in [-0.2, -0.15) is 13.2 Å². The summed E-state index contributed by atoms with van der Waals surface area (Å²) in [6.07, 6.45) is -3.40. The molecule has 0 radical (unpaired) electrons. The molecule has 1 unspecified atom stereocenters. The minimum atomic E-state index is -4.47. The number of carbonyl (C=O) groups excluding carboxylic acids is 2. The molecule has 1 aliphatic rings. The largest absolute Gasteiger partial charge is 0.416 e. The minimum absolute atomic E-state index is 0.0307. The second-order valence-electron chi connectivity index (χ2n) is 4.55. The Balaban J connectivity index is 2.10. The van der Waals surface area contributed by atoms with Crippen LogP contribution in [0.4, 0.5) is 18.9 Å². The van der Waals surface area contributed by atoms with Crippen LogP contribution in [0.15, 0.2) is 24.3 Å². The van der Waals surface area contributed by atoms with Crippen LogP contribution in [0.5, 0.6) is 0 Å². The first-order chi connectivity index (χ1) is 9.38. The van der Waals surface area contributed by atoms with Crippen molar-refractivity contribution in [2.45, 2.75) is 19.0 Å². The average Bonchev–Trinajstić information content (AvgIpc) is 2.38. The summed E-state index contributed by atoms with van der Waals surface area (Å²) in [6, 6.07) is 4.33. The lowest BCUT2D eigenvalue weighted by Gasteiger charge is -2.21. The maximum Gasteiger partial charge on any atom is 0.416 e. The summed E-state index contributed by atoms with van der Waals surface area (Å²) >= 11 is 0. The van der Waals surface area contributed by atoms with Crippen LogP contribution in [0.2, 0.25) is 0 Å². The summed E-state index contributed by atoms with van der Waals surface area (Å²) in [5.41, 5.74) is -0.813. The van der Waals surface area contributed by atoms with Gasteiger partial charge in [-0.05, 0) is 31.0 Å². The molecule has 7 heteroatoms. The van der Waals surface area contributed by atoms with Gasteiger partial charge in [0.1, 0.15) is 5.92 Å². The summed E-state index contributed by atoms with van der Waals surface area (Å²) in [5, 5.41) is 4.91. The zero-order chi connectivity index (χ0) is 14.8. The van der Waals surface area contributed by atoms with Gasteiger partial charge in [-0.1, -0.05) is 6.07 Å². The summed E-state index contributed by atoms with van der Waals surface area (Å²) in [7, 11) is 0. The molecule has 0 spiro atoms. The maximum atomic E-state index is 12.5. The molecule has 2 amide bonds. The molecule has 0 saturated carbocycles. The lowest BCUT2D eigenvalue weighted by Crippen LogP contribution is -2.42. The number of alkyl halides is 3. The zero-order valence-corrected chi connectivity index (χ0v) is 10.5. The first-order valence-electron chi connectivity index (χ1n) is 6.14. The van der Waals surface area contributed by atoms with Crippen LogP contribution in [0.3, 0.4) is 0 Å². The number of nitrogens with one attached hydrogen (secondary N) is 2. The predicted molar refractivity (Wildman–Crippen MR) is 65.8 cm³/mol. The standard InChI is InChI=1S/C13H13F3N2O2/c14-13(15,16)8-3-1-4-9(7-8)18-12(20)10-5-2-6-17-11(10)19/h1,3-4,7,10H,2,5-6H2,(H,17,19)(H,18,20). The van der Waals surface area contributed by atoms with Crippen LogP contribution in [-0.4, -0.2) is 18.4 Å². The zero-order valence-electron chi connectivity index (χ0n) is 10.5. The number of piperidine rings is 1. The predicted octanol–water partition coefficient (Wildman–Crippen LogP) is 2.17. The lowest BCUT2D eigenvalue weighted by molar-refractivity contribution is -0.138. The smallest absolute Gasteiger partial charge is 0.355 e. The third kappa shape index (κ3) is 3.28. The van der Waals surface area contributed by atoms with E-state index in [0.29, 0.717) is 19.4 Å². The van der Waals surface area contributed by atoms with Crippen LogP contribution in [0, 0.1) is 5.92 Å². The molecular weight excluding hydrogens is 273 g/mol. The Morgan fingerprint density at radius 2 is 2.10 bits per heavy atom. The summed E-state index contributed by atoms with van der Waals surface area (Å²) in [6.45, 7) is 0.520. The summed E-state index contributed by atoms with van der Waals surface area (Å²) in [5.74, 6) is -1.82. The molecule has 1 heterocycles. The van der Waals surface area contributed by atoms with E-state index in [1.165, 1.54) is 12.1 Å². The molecule has 0 aliphatic carbocycles. The Bertz CT molecular complexity index is 529. The molecule has 1 aromatic rings. The van der Waals surface area contributed by atoms with Crippen molar-refractivity contribution in [3.05, 3.63) is 29.8 Å². The lowest BCUT2D eigenvalue weighted by atomic mass is 9.97. The SMILES string of the molecule is O=C1NCCCC1C(=O)Nc1cccc(C(F)(F)F)c1. The molecule has 2 N–H and O–H groups in total. The van der Waals surface area contributed by atoms with E-state index in [0.717, 1.165) is 12.1 Å². The van der Waals surface area contributed by atoms with Crippen molar-refractivity contribution in [1.82, 2.24) is 5.32 Å². The highest BCUT2D eigenvalue weighted by molar-refractivity contribution is 6.06. The van der Waals surface area contributed by atoms with Gasteiger partial charge >= 0.3 is 6.18 Å². The third-order valence-corrected chi connectivity index (χ3v) is 3.06. The first-order valence-corrected chi connectivity index (χ1v) is 6.14. The molecule has 0 aromatic heterocycles. The van der Waals surface area contributed by atoms with E-state index in [-0.39, 0.29) is 11.6 Å². The molecule has 108 valence electrons. The Morgan fingerprint density at radius 3 is 2.75 bits per heavy atom. The van der Waals surface area contributed by atoms with E-state index >= 15 is 0 Å². The van der Waals surface area contributed by atoms with Crippen molar-refractivity contribution in [2.75, 3.05) is 11.9 Å². The van der Waals surface area contributed by atoms with Gasteiger partial charge in [0.2, 0.25) is 11.8 Å². The van der Waals surface area contributed by atoms with E-state index in [9.17, 15) is 22.8 Å². The van der Waals surface area contributed by atoms with E-state index in [1.807, 2.05) is 0 Å². The molecule has 0 bridgehead atoms. The maximum absolute atomic E-state index is 12.5. The molecule has 1 fully saturated rings. The summed E-state index contributed by atoms with van der Waals surface area (Å²) < 4.78 is 37.6. The van der Waals surface area contributed by atoms with E-state index < -0.39 is 23.6 Å². The molecule has 4 nitrogen and oxygen atoms in total. The van der Waals surface area contributed by atoms with Gasteiger partial charge < -0.3 is 10.6 Å². The highest BCUT2D eigenvalue weighted by Crippen LogP contribution is 2.30. The summed E-state index contributed by atoms with van der Waals surface area (Å²) in [4.78, 5) is 23.4. The number of hydrogen-bond acceptors (Lipinski definition) is 2. The fraction of sp³-hybridized carbons (Fsp3) is 0.385. The second-order valence-corrected chi connectivity index (χ2v) is 4.55. The van der Waals surface area contributed by atoms with Crippen LogP contribution in [-0.2, 0) is 15.8 Å². The van der Waals surface area contributed by atoms with Crippen LogP contribution < -0.4 is 10.6 Å². The highest BCUT2D eigenvalue weighted by atomic mass is 19.4. The number of carbonyl (C=O) groups is 2. The van der Waals surface area contributed by atoms with Gasteiger partial charge in [0.15, 0.2) is 0 Å². The molecule has 1 atom stereocenters. The minimum Gasteiger partial charge on any atom is -0.355 e. The van der Waals surface area contributed by atoms with Gasteiger partial charge in [0, 0.05) is 12.2 Å². The second kappa shape index (κ2) is 5.52. The van der Waals surface area contributed by atoms with Crippen LogP contribution in [0.1, 0.15) is 18.4 Å². The highest BCUT2D eigenvalue weighted by Gasteiger charge is 2.32. The van der Waals surface area contributed by atoms with Crippen molar-refractivity contribution in [3.63, 3.8) is 0 Å². The topological polar surface area (TPSA) is 58.2 Å². The van der Waals surface area contributed by atoms with Gasteiger partial charge in [0.05, 0.1) is 5.56 Å². The Labute approximate surface area is 113 Å². The van der Waals surface area contributed by atoms with Crippen molar-refractivity contribution >= 4 is 17.5 Å². The van der Waals surface area contributed by atoms with Gasteiger partial charge in [-0.3, -0.25) is 9.59 Å². The number of rotatable bonds is 2. The molecular formula is C13H13F3N2O2. The molecule has 1 saturated heterocycles. The molecule has 1 aliphatic heterocycles. The average molecular weight is 286 g/mol. The van der Waals surface area contributed by atoms with Crippen LogP contribution in [0.25, 0.3) is 0 Å². The fourth-order valence-electron chi connectivity index (χ4n) is 2.02. The third-order valence-electron chi connectivity index (χ3n) is 3.06. The first kappa shape index (κ1) is 14.4. The monoisotopic (exact) mass is 286 g/mol. The van der Waals surface area contributed by atoms with E-state index in [4.69, 9.17) is 0 Å². The molecule has 1 aromatic carbocycles. The Morgan fingerprint density at radius 1 is 1.35 bits per heavy atom. The van der Waals surface area contributed by atoms with Crippen molar-refractivity contribution in [3.8, 4) is 0 Å². The number of benzene rings is 1. The number of halogens is 3.